The van der Waals surface area contributed by atoms with Crippen molar-refractivity contribution in [2.75, 3.05) is 0 Å². The fourth-order valence-electron chi connectivity index (χ4n) is 0.250. The molecule has 0 atom stereocenters. The number of hydrogen-bond donors (Lipinski definition) is 0. The van der Waals surface area contributed by atoms with E-state index in [4.69, 9.17) is 0 Å². The third-order valence-electron chi connectivity index (χ3n) is 1.91. The second-order valence-corrected chi connectivity index (χ2v) is 2.87. The summed E-state index contributed by atoms with van der Waals surface area (Å²) in [4.78, 5) is 0. The highest BCUT2D eigenvalue weighted by Crippen LogP contribution is 2.22. The summed E-state index contributed by atoms with van der Waals surface area (Å²) < 4.78 is 0. The van der Waals surface area contributed by atoms with Crippen LogP contribution in [-0.2, 0) is 0 Å². The topological polar surface area (TPSA) is 0 Å². The van der Waals surface area contributed by atoms with E-state index in [0.717, 1.165) is 0 Å². The third-order valence-corrected chi connectivity index (χ3v) is 1.91. The summed E-state index contributed by atoms with van der Waals surface area (Å²) in [6.07, 6.45) is 2.59. The Hall–Kier alpha value is 0.532. The highest BCUT2D eigenvalue weighted by Gasteiger charge is 2.09. The highest BCUT2D eigenvalue weighted by molar-refractivity contribution is 5.75. The van der Waals surface area contributed by atoms with Crippen LogP contribution in [0.3, 0.4) is 0 Å². The Morgan fingerprint density at radius 3 is 1.25 bits per heavy atom. The van der Waals surface area contributed by atoms with Crippen LogP contribution in [0.1, 0.15) is 40.5 Å². The Kier molecular flexibility index (Phi) is 6.26. The maximum absolute atomic E-state index is 2.30. The molecular formula is C7H19Al. The first-order valence-corrected chi connectivity index (χ1v) is 3.12. The van der Waals surface area contributed by atoms with Gasteiger partial charge in [-0.15, -0.1) is 0 Å². The Balaban J connectivity index is 0. The van der Waals surface area contributed by atoms with E-state index in [1.165, 1.54) is 12.8 Å². The van der Waals surface area contributed by atoms with E-state index in [0.29, 0.717) is 5.41 Å². The molecule has 0 aromatic carbocycles. The van der Waals surface area contributed by atoms with Gasteiger partial charge in [0.25, 0.3) is 0 Å². The molecule has 8 heavy (non-hydrogen) atoms. The number of hydrogen-bond acceptors (Lipinski definition) is 0. The maximum Gasteiger partial charge on any atom is 0.187 e. The summed E-state index contributed by atoms with van der Waals surface area (Å²) in [5.74, 6) is 0. The zero-order chi connectivity index (χ0) is 5.91. The molecule has 0 amide bonds. The smallest absolute Gasteiger partial charge is 0.0649 e. The normalized spacial score (nSPS) is 10.5. The molecule has 0 nitrogen and oxygen atoms in total. The lowest BCUT2D eigenvalue weighted by molar-refractivity contribution is 0.338. The van der Waals surface area contributed by atoms with Gasteiger partial charge in [0, 0.05) is 0 Å². The molecule has 0 aromatic rings. The lowest BCUT2D eigenvalue weighted by Crippen LogP contribution is -2.05. The van der Waals surface area contributed by atoms with Crippen molar-refractivity contribution in [1.82, 2.24) is 0 Å². The molecule has 0 N–H and O–H groups in total. The van der Waals surface area contributed by atoms with Crippen molar-refractivity contribution in [3.05, 3.63) is 0 Å². The van der Waals surface area contributed by atoms with E-state index < -0.39 is 0 Å². The lowest BCUT2D eigenvalue weighted by atomic mass is 9.88. The second kappa shape index (κ2) is 4.42. The zero-order valence-corrected chi connectivity index (χ0v) is 5.91. The average Bonchev–Trinajstić information content (AvgIpc) is 1.68. The molecular weight excluding hydrogens is 111 g/mol. The van der Waals surface area contributed by atoms with Crippen molar-refractivity contribution in [2.24, 2.45) is 5.41 Å². The van der Waals surface area contributed by atoms with Gasteiger partial charge in [0.1, 0.15) is 0 Å². The van der Waals surface area contributed by atoms with Crippen LogP contribution in [0.25, 0.3) is 0 Å². The lowest BCUT2D eigenvalue weighted by Gasteiger charge is -2.18. The molecule has 50 valence electrons. The van der Waals surface area contributed by atoms with E-state index in [-0.39, 0.29) is 17.4 Å². The first kappa shape index (κ1) is 11.3. The van der Waals surface area contributed by atoms with Gasteiger partial charge in [0.2, 0.25) is 0 Å². The predicted octanol–water partition coefficient (Wildman–Crippen LogP) is 1.65. The molecule has 0 heterocycles. The average molecular weight is 130 g/mol. The van der Waals surface area contributed by atoms with E-state index >= 15 is 0 Å². The molecule has 0 aliphatic heterocycles. The molecule has 0 aliphatic rings. The largest absolute Gasteiger partial charge is 0.187 e. The number of rotatable bonds is 2. The van der Waals surface area contributed by atoms with Crippen LogP contribution < -0.4 is 0 Å². The van der Waals surface area contributed by atoms with Crippen LogP contribution >= 0.6 is 0 Å². The monoisotopic (exact) mass is 130 g/mol. The molecule has 0 saturated carbocycles. The molecule has 0 fully saturated rings. The van der Waals surface area contributed by atoms with Gasteiger partial charge in [-0.1, -0.05) is 40.5 Å². The minimum atomic E-state index is 0. The minimum Gasteiger partial charge on any atom is -0.0649 e. The first-order chi connectivity index (χ1) is 3.12. The van der Waals surface area contributed by atoms with Crippen molar-refractivity contribution in [3.8, 4) is 0 Å². The van der Waals surface area contributed by atoms with E-state index in [9.17, 15) is 0 Å². The summed E-state index contributed by atoms with van der Waals surface area (Å²) in [6.45, 7) is 9.08. The first-order valence-electron chi connectivity index (χ1n) is 3.12. The van der Waals surface area contributed by atoms with Gasteiger partial charge in [0.05, 0.1) is 0 Å². The summed E-state index contributed by atoms with van der Waals surface area (Å²) in [5, 5.41) is 0. The minimum absolute atomic E-state index is 0. The van der Waals surface area contributed by atoms with E-state index in [1.54, 1.807) is 0 Å². The molecule has 1 heteroatoms. The van der Waals surface area contributed by atoms with Crippen LogP contribution in [0.5, 0.6) is 0 Å². The molecule has 0 saturated heterocycles. The quantitative estimate of drug-likeness (QED) is 0.498. The van der Waals surface area contributed by atoms with Crippen LogP contribution in [0.4, 0.5) is 0 Å². The highest BCUT2D eigenvalue weighted by atomic mass is 27.0. The van der Waals surface area contributed by atoms with Crippen molar-refractivity contribution >= 4 is 17.4 Å². The van der Waals surface area contributed by atoms with Crippen LogP contribution in [-0.4, -0.2) is 17.4 Å². The Morgan fingerprint density at radius 2 is 1.25 bits per heavy atom. The van der Waals surface area contributed by atoms with Gasteiger partial charge in [-0.25, -0.2) is 0 Å². The van der Waals surface area contributed by atoms with Gasteiger partial charge in [-0.3, -0.25) is 0 Å². The summed E-state index contributed by atoms with van der Waals surface area (Å²) in [7, 11) is 0. The van der Waals surface area contributed by atoms with E-state index in [2.05, 4.69) is 27.7 Å². The third kappa shape index (κ3) is 4.69. The van der Waals surface area contributed by atoms with Crippen molar-refractivity contribution in [3.63, 3.8) is 0 Å². The zero-order valence-electron chi connectivity index (χ0n) is 5.91. The Labute approximate surface area is 63.8 Å². The van der Waals surface area contributed by atoms with Gasteiger partial charge < -0.3 is 0 Å². The molecule has 0 rings (SSSR count). The fourth-order valence-corrected chi connectivity index (χ4v) is 0.250. The van der Waals surface area contributed by atoms with Gasteiger partial charge in [-0.2, -0.15) is 0 Å². The standard InChI is InChI=1S/C7H16.Al.3H/c1-5-7(3,4)6-2;;;;/h5-6H2,1-4H3;;;;. The van der Waals surface area contributed by atoms with Crippen molar-refractivity contribution in [2.45, 2.75) is 40.5 Å². The molecule has 0 aliphatic carbocycles. The molecule has 0 aromatic heterocycles. The molecule has 0 radical (unpaired) electrons. The predicted molar refractivity (Wildman–Crippen MR) is 44.3 cm³/mol. The van der Waals surface area contributed by atoms with Crippen LogP contribution in [0.15, 0.2) is 0 Å². The van der Waals surface area contributed by atoms with Crippen molar-refractivity contribution in [1.29, 1.82) is 0 Å². The van der Waals surface area contributed by atoms with Crippen LogP contribution in [0, 0.1) is 5.41 Å². The molecule has 0 unspecified atom stereocenters. The maximum atomic E-state index is 2.30. The van der Waals surface area contributed by atoms with Crippen LogP contribution in [0.2, 0.25) is 0 Å². The fraction of sp³-hybridized carbons (Fsp3) is 1.00. The van der Waals surface area contributed by atoms with Gasteiger partial charge in [-0.05, 0) is 5.41 Å². The Morgan fingerprint density at radius 1 is 1.00 bits per heavy atom. The SMILES string of the molecule is CCC(C)(C)CC.[AlH3]. The van der Waals surface area contributed by atoms with Crippen molar-refractivity contribution < 1.29 is 0 Å². The summed E-state index contributed by atoms with van der Waals surface area (Å²) in [5.41, 5.74) is 0.583. The molecule has 0 bridgehead atoms. The summed E-state index contributed by atoms with van der Waals surface area (Å²) >= 11 is 0. The van der Waals surface area contributed by atoms with Gasteiger partial charge in [0.15, 0.2) is 17.4 Å². The van der Waals surface area contributed by atoms with E-state index in [1.807, 2.05) is 0 Å². The Bertz CT molecular complexity index is 42.3. The summed E-state index contributed by atoms with van der Waals surface area (Å²) in [6, 6.07) is 0. The molecule has 0 spiro atoms. The van der Waals surface area contributed by atoms with Gasteiger partial charge >= 0.3 is 0 Å². The second-order valence-electron chi connectivity index (χ2n) is 2.87.